The quantitative estimate of drug-likeness (QED) is 0.754. The zero-order chi connectivity index (χ0) is 11.8. The van der Waals surface area contributed by atoms with Gasteiger partial charge in [-0.2, -0.15) is 0 Å². The fourth-order valence-corrected chi connectivity index (χ4v) is 2.86. The predicted octanol–water partition coefficient (Wildman–Crippen LogP) is 2.31. The number of rotatable bonds is 5. The lowest BCUT2D eigenvalue weighted by atomic mass is 10.4. The van der Waals surface area contributed by atoms with E-state index in [1.165, 1.54) is 44.1 Å². The minimum atomic E-state index is -0.282. The van der Waals surface area contributed by atoms with Gasteiger partial charge in [0.05, 0.1) is 13.3 Å². The van der Waals surface area contributed by atoms with Crippen molar-refractivity contribution in [1.82, 2.24) is 4.98 Å². The van der Waals surface area contributed by atoms with Crippen LogP contribution in [0.15, 0.2) is 6.20 Å². The lowest BCUT2D eigenvalue weighted by molar-refractivity contribution is 0.0606. The van der Waals surface area contributed by atoms with E-state index in [-0.39, 0.29) is 5.97 Å². The Balaban J connectivity index is 1.75. The Hall–Kier alpha value is -1.10. The molecule has 4 nitrogen and oxygen atoms in total. The second kappa shape index (κ2) is 4.29. The normalized spacial score (nSPS) is 19.1. The Morgan fingerprint density at radius 2 is 2.29 bits per heavy atom. The molecule has 0 saturated heterocycles. The van der Waals surface area contributed by atoms with Gasteiger partial charge in [-0.05, 0) is 31.6 Å². The molecule has 17 heavy (non-hydrogen) atoms. The molecule has 0 unspecified atom stereocenters. The average molecular weight is 252 g/mol. The summed E-state index contributed by atoms with van der Waals surface area (Å²) in [5.41, 5.74) is 0. The molecule has 0 radical (unpaired) electrons. The first-order valence-corrected chi connectivity index (χ1v) is 6.90. The third kappa shape index (κ3) is 2.44. The molecule has 2 fully saturated rings. The van der Waals surface area contributed by atoms with Crippen LogP contribution < -0.4 is 4.90 Å². The second-order valence-corrected chi connectivity index (χ2v) is 5.83. The molecule has 1 aromatic heterocycles. The molecule has 2 aliphatic carbocycles. The molecule has 3 rings (SSSR count). The highest BCUT2D eigenvalue weighted by Crippen LogP contribution is 2.39. The van der Waals surface area contributed by atoms with E-state index in [0.29, 0.717) is 10.9 Å². The summed E-state index contributed by atoms with van der Waals surface area (Å²) in [7, 11) is 1.41. The van der Waals surface area contributed by atoms with Gasteiger partial charge in [0.25, 0.3) is 0 Å². The van der Waals surface area contributed by atoms with Crippen molar-refractivity contribution in [2.45, 2.75) is 31.7 Å². The molecule has 2 aliphatic rings. The Kier molecular flexibility index (Phi) is 2.78. The highest BCUT2D eigenvalue weighted by atomic mass is 32.1. The topological polar surface area (TPSA) is 42.4 Å². The Morgan fingerprint density at radius 1 is 1.53 bits per heavy atom. The zero-order valence-electron chi connectivity index (χ0n) is 9.89. The van der Waals surface area contributed by atoms with Gasteiger partial charge in [0.2, 0.25) is 0 Å². The SMILES string of the molecule is COC(=O)c1cnc(N(CC2CC2)C2CC2)s1. The minimum absolute atomic E-state index is 0.282. The lowest BCUT2D eigenvalue weighted by Crippen LogP contribution is -2.27. The number of ether oxygens (including phenoxy) is 1. The van der Waals surface area contributed by atoms with Crippen LogP contribution in [-0.2, 0) is 4.74 Å². The van der Waals surface area contributed by atoms with Crippen molar-refractivity contribution < 1.29 is 9.53 Å². The summed E-state index contributed by atoms with van der Waals surface area (Å²) in [4.78, 5) is 18.8. The van der Waals surface area contributed by atoms with Crippen molar-refractivity contribution in [3.8, 4) is 0 Å². The Morgan fingerprint density at radius 3 is 2.88 bits per heavy atom. The van der Waals surface area contributed by atoms with Crippen LogP contribution in [0.25, 0.3) is 0 Å². The molecule has 2 saturated carbocycles. The van der Waals surface area contributed by atoms with Gasteiger partial charge in [-0.1, -0.05) is 11.3 Å². The van der Waals surface area contributed by atoms with Crippen molar-refractivity contribution in [2.75, 3.05) is 18.6 Å². The minimum Gasteiger partial charge on any atom is -0.465 e. The van der Waals surface area contributed by atoms with Crippen molar-refractivity contribution in [3.05, 3.63) is 11.1 Å². The number of nitrogens with zero attached hydrogens (tertiary/aromatic N) is 2. The summed E-state index contributed by atoms with van der Waals surface area (Å²) in [6.45, 7) is 1.11. The lowest BCUT2D eigenvalue weighted by Gasteiger charge is -2.20. The van der Waals surface area contributed by atoms with E-state index in [1.807, 2.05) is 0 Å². The van der Waals surface area contributed by atoms with Crippen LogP contribution in [0.5, 0.6) is 0 Å². The van der Waals surface area contributed by atoms with Crippen molar-refractivity contribution in [3.63, 3.8) is 0 Å². The molecular weight excluding hydrogens is 236 g/mol. The summed E-state index contributed by atoms with van der Waals surface area (Å²) in [6.07, 6.45) is 6.85. The molecule has 0 atom stereocenters. The number of carbonyl (C=O) groups excluding carboxylic acids is 1. The largest absolute Gasteiger partial charge is 0.465 e. The second-order valence-electron chi connectivity index (χ2n) is 4.83. The summed E-state index contributed by atoms with van der Waals surface area (Å²) in [5.74, 6) is 0.567. The third-order valence-electron chi connectivity index (χ3n) is 3.27. The number of aromatic nitrogens is 1. The molecule has 92 valence electrons. The van der Waals surface area contributed by atoms with Gasteiger partial charge in [0.1, 0.15) is 4.88 Å². The predicted molar refractivity (Wildman–Crippen MR) is 66.5 cm³/mol. The number of hydrogen-bond donors (Lipinski definition) is 0. The van der Waals surface area contributed by atoms with E-state index in [2.05, 4.69) is 9.88 Å². The number of hydrogen-bond acceptors (Lipinski definition) is 5. The molecule has 0 amide bonds. The van der Waals surface area contributed by atoms with Crippen LogP contribution in [0.2, 0.25) is 0 Å². The van der Waals surface area contributed by atoms with Gasteiger partial charge in [0, 0.05) is 12.6 Å². The summed E-state index contributed by atoms with van der Waals surface area (Å²) < 4.78 is 4.71. The van der Waals surface area contributed by atoms with Crippen LogP contribution in [-0.4, -0.2) is 30.6 Å². The highest BCUT2D eigenvalue weighted by molar-refractivity contribution is 7.17. The van der Waals surface area contributed by atoms with Crippen LogP contribution >= 0.6 is 11.3 Å². The number of anilines is 1. The summed E-state index contributed by atoms with van der Waals surface area (Å²) in [5, 5.41) is 0.986. The fraction of sp³-hybridized carbons (Fsp3) is 0.667. The first kappa shape index (κ1) is 11.0. The highest BCUT2D eigenvalue weighted by Gasteiger charge is 2.35. The molecule has 0 spiro atoms. The van der Waals surface area contributed by atoms with E-state index in [4.69, 9.17) is 4.74 Å². The van der Waals surface area contributed by atoms with Crippen LogP contribution in [0.4, 0.5) is 5.13 Å². The first-order chi connectivity index (χ1) is 8.28. The zero-order valence-corrected chi connectivity index (χ0v) is 10.7. The molecule has 0 bridgehead atoms. The smallest absolute Gasteiger partial charge is 0.349 e. The van der Waals surface area contributed by atoms with E-state index in [9.17, 15) is 4.79 Å². The van der Waals surface area contributed by atoms with Crippen molar-refractivity contribution in [1.29, 1.82) is 0 Å². The van der Waals surface area contributed by atoms with Gasteiger partial charge in [0.15, 0.2) is 5.13 Å². The monoisotopic (exact) mass is 252 g/mol. The van der Waals surface area contributed by atoms with E-state index in [1.54, 1.807) is 6.20 Å². The van der Waals surface area contributed by atoms with E-state index < -0.39 is 0 Å². The van der Waals surface area contributed by atoms with Gasteiger partial charge in [-0.25, -0.2) is 9.78 Å². The standard InChI is InChI=1S/C12H16N2O2S/c1-16-11(15)10-6-13-12(17-10)14(9-4-5-9)7-8-2-3-8/h6,8-9H,2-5,7H2,1H3. The molecule has 0 N–H and O–H groups in total. The van der Waals surface area contributed by atoms with Gasteiger partial charge in [-0.3, -0.25) is 0 Å². The van der Waals surface area contributed by atoms with Gasteiger partial charge in [-0.15, -0.1) is 0 Å². The number of carbonyl (C=O) groups is 1. The van der Waals surface area contributed by atoms with Crippen molar-refractivity contribution >= 4 is 22.4 Å². The summed E-state index contributed by atoms with van der Waals surface area (Å²) in [6, 6.07) is 0.659. The van der Waals surface area contributed by atoms with Crippen LogP contribution in [0.1, 0.15) is 35.4 Å². The molecule has 0 aliphatic heterocycles. The molecule has 5 heteroatoms. The summed E-state index contributed by atoms with van der Waals surface area (Å²) >= 11 is 1.45. The van der Waals surface area contributed by atoms with Crippen LogP contribution in [0, 0.1) is 5.92 Å². The molecule has 1 heterocycles. The Bertz CT molecular complexity index is 424. The van der Waals surface area contributed by atoms with E-state index in [0.717, 1.165) is 17.6 Å². The number of methoxy groups -OCH3 is 1. The average Bonchev–Trinajstić information content (AvgIpc) is 3.24. The fourth-order valence-electron chi connectivity index (χ4n) is 1.94. The number of thiazole rings is 1. The van der Waals surface area contributed by atoms with Crippen LogP contribution in [0.3, 0.4) is 0 Å². The first-order valence-electron chi connectivity index (χ1n) is 6.08. The maximum absolute atomic E-state index is 11.4. The number of esters is 1. The maximum atomic E-state index is 11.4. The van der Waals surface area contributed by atoms with Crippen molar-refractivity contribution in [2.24, 2.45) is 5.92 Å². The Labute approximate surface area is 105 Å². The maximum Gasteiger partial charge on any atom is 0.349 e. The molecule has 0 aromatic carbocycles. The third-order valence-corrected chi connectivity index (χ3v) is 4.28. The molecule has 1 aromatic rings. The molecular formula is C12H16N2O2S. The van der Waals surface area contributed by atoms with E-state index >= 15 is 0 Å². The van der Waals surface area contributed by atoms with Gasteiger partial charge >= 0.3 is 5.97 Å². The van der Waals surface area contributed by atoms with Gasteiger partial charge < -0.3 is 9.64 Å².